The number of nitrogens with one attached hydrogen (secondary N) is 1. The van der Waals surface area contributed by atoms with Gasteiger partial charge in [-0.3, -0.25) is 9.59 Å². The van der Waals surface area contributed by atoms with Crippen LogP contribution >= 0.6 is 0 Å². The second-order valence-corrected chi connectivity index (χ2v) is 6.75. The van der Waals surface area contributed by atoms with Gasteiger partial charge in [0.15, 0.2) is 0 Å². The summed E-state index contributed by atoms with van der Waals surface area (Å²) >= 11 is 0. The van der Waals surface area contributed by atoms with Crippen LogP contribution in [0.5, 0.6) is 0 Å². The number of carbonyl (C=O) groups excluding carboxylic acids is 2. The number of anilines is 1. The molecule has 3 rings (SSSR count). The molecule has 5 heteroatoms. The van der Waals surface area contributed by atoms with E-state index in [0.717, 1.165) is 19.3 Å². The summed E-state index contributed by atoms with van der Waals surface area (Å²) in [5.74, 6) is -0.429. The van der Waals surface area contributed by atoms with Gasteiger partial charge in [0.25, 0.3) is 0 Å². The summed E-state index contributed by atoms with van der Waals surface area (Å²) < 4.78 is 13.1. The molecule has 0 aromatic heterocycles. The molecule has 136 valence electrons. The number of hydrogen-bond donors (Lipinski definition) is 1. The summed E-state index contributed by atoms with van der Waals surface area (Å²) in [6.07, 6.45) is 2.72. The van der Waals surface area contributed by atoms with E-state index < -0.39 is 11.7 Å². The molecule has 2 amide bonds. The minimum absolute atomic E-state index is 0.169. The summed E-state index contributed by atoms with van der Waals surface area (Å²) in [4.78, 5) is 26.1. The Bertz CT molecular complexity index is 756. The SMILES string of the molecule is O=C(CC(=O)N1CCC(Cc2ccccc2)CC1)Nc1cccc(F)c1. The Hall–Kier alpha value is -2.69. The largest absolute Gasteiger partial charge is 0.342 e. The van der Waals surface area contributed by atoms with Gasteiger partial charge in [-0.05, 0) is 48.9 Å². The highest BCUT2D eigenvalue weighted by atomic mass is 19.1. The van der Waals surface area contributed by atoms with Crippen molar-refractivity contribution in [3.63, 3.8) is 0 Å². The number of amides is 2. The third-order valence-electron chi connectivity index (χ3n) is 4.75. The first-order valence-electron chi connectivity index (χ1n) is 8.97. The van der Waals surface area contributed by atoms with E-state index in [2.05, 4.69) is 17.4 Å². The van der Waals surface area contributed by atoms with Gasteiger partial charge in [-0.1, -0.05) is 36.4 Å². The zero-order valence-electron chi connectivity index (χ0n) is 14.7. The second-order valence-electron chi connectivity index (χ2n) is 6.75. The number of halogens is 1. The Morgan fingerprint density at radius 1 is 1.04 bits per heavy atom. The lowest BCUT2D eigenvalue weighted by Gasteiger charge is -2.32. The molecule has 1 heterocycles. The molecule has 0 aliphatic carbocycles. The van der Waals surface area contributed by atoms with Crippen molar-refractivity contribution in [2.45, 2.75) is 25.7 Å². The maximum Gasteiger partial charge on any atom is 0.233 e. The Labute approximate surface area is 153 Å². The minimum Gasteiger partial charge on any atom is -0.342 e. The van der Waals surface area contributed by atoms with Crippen molar-refractivity contribution in [2.75, 3.05) is 18.4 Å². The summed E-state index contributed by atoms with van der Waals surface area (Å²) in [5.41, 5.74) is 1.69. The zero-order chi connectivity index (χ0) is 18.4. The fraction of sp³-hybridized carbons (Fsp3) is 0.333. The number of rotatable bonds is 5. The van der Waals surface area contributed by atoms with Gasteiger partial charge in [0.05, 0.1) is 0 Å². The van der Waals surface area contributed by atoms with Crippen molar-refractivity contribution in [1.29, 1.82) is 0 Å². The van der Waals surface area contributed by atoms with Gasteiger partial charge in [0, 0.05) is 18.8 Å². The lowest BCUT2D eigenvalue weighted by molar-refractivity contribution is -0.135. The van der Waals surface area contributed by atoms with Crippen LogP contribution in [-0.2, 0) is 16.0 Å². The lowest BCUT2D eigenvalue weighted by Crippen LogP contribution is -2.40. The number of carbonyl (C=O) groups is 2. The van der Waals surface area contributed by atoms with E-state index in [-0.39, 0.29) is 12.3 Å². The molecule has 1 N–H and O–H groups in total. The van der Waals surface area contributed by atoms with E-state index >= 15 is 0 Å². The molecule has 1 aliphatic rings. The van der Waals surface area contributed by atoms with Crippen LogP contribution < -0.4 is 5.32 Å². The van der Waals surface area contributed by atoms with Crippen LogP contribution in [0.4, 0.5) is 10.1 Å². The van der Waals surface area contributed by atoms with E-state index in [9.17, 15) is 14.0 Å². The highest BCUT2D eigenvalue weighted by molar-refractivity contribution is 6.03. The standard InChI is InChI=1S/C21H23FN2O2/c22-18-7-4-8-19(14-18)23-20(25)15-21(26)24-11-9-17(10-12-24)13-16-5-2-1-3-6-16/h1-8,14,17H,9-13,15H2,(H,23,25). The molecule has 0 spiro atoms. The molecule has 2 aromatic carbocycles. The summed E-state index contributed by atoms with van der Waals surface area (Å²) in [7, 11) is 0. The zero-order valence-corrected chi connectivity index (χ0v) is 14.7. The number of benzene rings is 2. The average molecular weight is 354 g/mol. The molecule has 2 aromatic rings. The molecule has 0 saturated carbocycles. The monoisotopic (exact) mass is 354 g/mol. The molecule has 1 saturated heterocycles. The van der Waals surface area contributed by atoms with Crippen LogP contribution in [0, 0.1) is 11.7 Å². The van der Waals surface area contributed by atoms with Crippen molar-refractivity contribution in [3.05, 3.63) is 66.0 Å². The summed E-state index contributed by atoms with van der Waals surface area (Å²) in [5, 5.41) is 2.57. The molecule has 1 fully saturated rings. The van der Waals surface area contributed by atoms with Crippen molar-refractivity contribution in [1.82, 2.24) is 4.90 Å². The average Bonchev–Trinajstić information content (AvgIpc) is 2.63. The number of hydrogen-bond acceptors (Lipinski definition) is 2. The Kier molecular flexibility index (Phi) is 6.00. The highest BCUT2D eigenvalue weighted by Gasteiger charge is 2.24. The predicted octanol–water partition coefficient (Wildman–Crippen LogP) is 3.64. The summed E-state index contributed by atoms with van der Waals surface area (Å²) in [6, 6.07) is 16.0. The number of nitrogens with zero attached hydrogens (tertiary/aromatic N) is 1. The quantitative estimate of drug-likeness (QED) is 0.834. The Morgan fingerprint density at radius 3 is 2.46 bits per heavy atom. The predicted molar refractivity (Wildman–Crippen MR) is 99.1 cm³/mol. The molecular weight excluding hydrogens is 331 g/mol. The van der Waals surface area contributed by atoms with E-state index in [1.807, 2.05) is 18.2 Å². The van der Waals surface area contributed by atoms with Crippen LogP contribution in [0.25, 0.3) is 0 Å². The molecule has 26 heavy (non-hydrogen) atoms. The highest BCUT2D eigenvalue weighted by Crippen LogP contribution is 2.22. The van der Waals surface area contributed by atoms with Crippen LogP contribution in [0.2, 0.25) is 0 Å². The van der Waals surface area contributed by atoms with Gasteiger partial charge >= 0.3 is 0 Å². The Morgan fingerprint density at radius 2 is 1.77 bits per heavy atom. The third-order valence-corrected chi connectivity index (χ3v) is 4.75. The topological polar surface area (TPSA) is 49.4 Å². The number of piperidine rings is 1. The summed E-state index contributed by atoms with van der Waals surface area (Å²) in [6.45, 7) is 1.37. The Balaban J connectivity index is 1.44. The van der Waals surface area contributed by atoms with Crippen LogP contribution in [0.15, 0.2) is 54.6 Å². The normalized spacial score (nSPS) is 14.9. The minimum atomic E-state index is -0.422. The molecule has 0 radical (unpaired) electrons. The molecule has 1 aliphatic heterocycles. The van der Waals surface area contributed by atoms with Gasteiger partial charge in [-0.15, -0.1) is 0 Å². The molecule has 4 nitrogen and oxygen atoms in total. The van der Waals surface area contributed by atoms with E-state index in [1.54, 1.807) is 11.0 Å². The van der Waals surface area contributed by atoms with E-state index in [1.165, 1.54) is 23.8 Å². The number of likely N-dealkylation sites (tertiary alicyclic amines) is 1. The molecule has 0 atom stereocenters. The first-order valence-corrected chi connectivity index (χ1v) is 8.97. The van der Waals surface area contributed by atoms with Crippen molar-refractivity contribution in [3.8, 4) is 0 Å². The van der Waals surface area contributed by atoms with Gasteiger partial charge in [0.2, 0.25) is 11.8 Å². The maximum atomic E-state index is 13.1. The lowest BCUT2D eigenvalue weighted by atomic mass is 9.90. The van der Waals surface area contributed by atoms with Crippen molar-refractivity contribution < 1.29 is 14.0 Å². The first kappa shape index (κ1) is 18.1. The van der Waals surface area contributed by atoms with Crippen LogP contribution in [0.1, 0.15) is 24.8 Å². The van der Waals surface area contributed by atoms with Gasteiger partial charge in [-0.2, -0.15) is 0 Å². The van der Waals surface area contributed by atoms with E-state index in [0.29, 0.717) is 24.7 Å². The second kappa shape index (κ2) is 8.61. The first-order chi connectivity index (χ1) is 12.6. The van der Waals surface area contributed by atoms with Crippen LogP contribution in [-0.4, -0.2) is 29.8 Å². The van der Waals surface area contributed by atoms with Crippen molar-refractivity contribution in [2.24, 2.45) is 5.92 Å². The molecule has 0 unspecified atom stereocenters. The van der Waals surface area contributed by atoms with Gasteiger partial charge < -0.3 is 10.2 Å². The van der Waals surface area contributed by atoms with Crippen LogP contribution in [0.3, 0.4) is 0 Å². The third kappa shape index (κ3) is 5.15. The molecular formula is C21H23FN2O2. The van der Waals surface area contributed by atoms with Gasteiger partial charge in [0.1, 0.15) is 12.2 Å². The fourth-order valence-corrected chi connectivity index (χ4v) is 3.35. The fourth-order valence-electron chi connectivity index (χ4n) is 3.35. The van der Waals surface area contributed by atoms with E-state index in [4.69, 9.17) is 0 Å². The molecule has 0 bridgehead atoms. The van der Waals surface area contributed by atoms with Gasteiger partial charge in [-0.25, -0.2) is 4.39 Å². The maximum absolute atomic E-state index is 13.1. The van der Waals surface area contributed by atoms with Crippen molar-refractivity contribution >= 4 is 17.5 Å². The smallest absolute Gasteiger partial charge is 0.233 e.